The average Bonchev–Trinajstić information content (AvgIpc) is 2.52. The Hall–Kier alpha value is -1.44. The molecule has 8 heteroatoms. The zero-order valence-electron chi connectivity index (χ0n) is 12.7. The lowest BCUT2D eigenvalue weighted by atomic mass is 10.2. The molecule has 1 aromatic carbocycles. The van der Waals surface area contributed by atoms with E-state index >= 15 is 0 Å². The lowest BCUT2D eigenvalue weighted by molar-refractivity contribution is -0.139. The number of halogens is 1. The number of carbonyl (C=O) groups is 2. The van der Waals surface area contributed by atoms with E-state index in [0.717, 1.165) is 5.56 Å². The fourth-order valence-corrected chi connectivity index (χ4v) is 1.87. The number of hydrogen-bond donors (Lipinski definition) is 3. The summed E-state index contributed by atoms with van der Waals surface area (Å²) in [5.41, 5.74) is 5.36. The molecule has 0 aliphatic heterocycles. The highest BCUT2D eigenvalue weighted by molar-refractivity contribution is 7.98. The molecule has 1 atom stereocenters. The number of amides is 1. The van der Waals surface area contributed by atoms with Crippen LogP contribution in [0.1, 0.15) is 12.0 Å². The number of nitrogens with two attached hydrogens (primary N) is 1. The molecule has 1 amide bonds. The van der Waals surface area contributed by atoms with E-state index in [4.69, 9.17) is 9.84 Å². The van der Waals surface area contributed by atoms with Crippen molar-refractivity contribution in [3.05, 3.63) is 35.9 Å². The average molecular weight is 351 g/mol. The Balaban J connectivity index is 0. The van der Waals surface area contributed by atoms with Crippen molar-refractivity contribution >= 4 is 36.2 Å². The molecule has 0 saturated carbocycles. The highest BCUT2D eigenvalue weighted by Gasteiger charge is 2.19. The van der Waals surface area contributed by atoms with Crippen molar-refractivity contribution in [2.45, 2.75) is 19.1 Å². The van der Waals surface area contributed by atoms with Gasteiger partial charge in [0.2, 0.25) is 0 Å². The van der Waals surface area contributed by atoms with Gasteiger partial charge >= 0.3 is 12.1 Å². The van der Waals surface area contributed by atoms with Crippen molar-refractivity contribution < 1.29 is 19.4 Å². The van der Waals surface area contributed by atoms with Crippen molar-refractivity contribution in [1.82, 2.24) is 5.32 Å². The predicted molar refractivity (Wildman–Crippen MR) is 91.5 cm³/mol. The summed E-state index contributed by atoms with van der Waals surface area (Å²) in [5, 5.41) is 11.3. The maximum atomic E-state index is 11.5. The Kier molecular flexibility index (Phi) is 15.0. The topological polar surface area (TPSA) is 102 Å². The summed E-state index contributed by atoms with van der Waals surface area (Å²) in [4.78, 5) is 22.4. The van der Waals surface area contributed by atoms with Gasteiger partial charge in [-0.25, -0.2) is 9.59 Å². The Morgan fingerprint density at radius 2 is 1.91 bits per heavy atom. The van der Waals surface area contributed by atoms with Crippen molar-refractivity contribution in [2.24, 2.45) is 5.73 Å². The molecule has 1 aromatic rings. The molecule has 0 aliphatic rings. The van der Waals surface area contributed by atoms with Crippen LogP contribution in [0.25, 0.3) is 0 Å². The van der Waals surface area contributed by atoms with Gasteiger partial charge in [-0.3, -0.25) is 0 Å². The summed E-state index contributed by atoms with van der Waals surface area (Å²) in [7, 11) is 1.50. The van der Waals surface area contributed by atoms with E-state index in [-0.39, 0.29) is 19.0 Å². The molecule has 0 aromatic heterocycles. The minimum atomic E-state index is -1.05. The molecule has 6 nitrogen and oxygen atoms in total. The van der Waals surface area contributed by atoms with Crippen LogP contribution >= 0.6 is 24.2 Å². The number of rotatable bonds is 7. The molecule has 0 unspecified atom stereocenters. The van der Waals surface area contributed by atoms with E-state index < -0.39 is 18.1 Å². The third-order valence-electron chi connectivity index (χ3n) is 2.41. The number of nitrogens with one attached hydrogen (secondary N) is 1. The standard InChI is InChI=1S/C13H17NO4S.CH5N.ClH/c1-19-8-7-11(12(15)16)14-13(17)18-9-10-5-3-2-4-6-10;1-2;/h2-6,11H,7-9H2,1H3,(H,14,17)(H,15,16);2H2,1H3;1H/t11-;;/m0../s1. The fourth-order valence-electron chi connectivity index (χ4n) is 1.40. The molecule has 0 fully saturated rings. The van der Waals surface area contributed by atoms with Gasteiger partial charge in [0.15, 0.2) is 0 Å². The van der Waals surface area contributed by atoms with E-state index in [1.807, 2.05) is 36.6 Å². The van der Waals surface area contributed by atoms with E-state index in [1.165, 1.54) is 18.8 Å². The molecule has 0 saturated heterocycles. The first-order chi connectivity index (χ1) is 10.1. The van der Waals surface area contributed by atoms with Crippen LogP contribution in [0.15, 0.2) is 30.3 Å². The van der Waals surface area contributed by atoms with Gasteiger partial charge in [0, 0.05) is 0 Å². The SMILES string of the molecule is CN.CSCC[C@H](NC(=O)OCc1ccccc1)C(=O)O.Cl. The molecule has 4 N–H and O–H groups in total. The van der Waals surface area contributed by atoms with Crippen LogP contribution in [0.5, 0.6) is 0 Å². The van der Waals surface area contributed by atoms with Crippen LogP contribution in [0.3, 0.4) is 0 Å². The fraction of sp³-hybridized carbons (Fsp3) is 0.429. The predicted octanol–water partition coefficient (Wildman–Crippen LogP) is 2.12. The Bertz CT molecular complexity index is 421. The quantitative estimate of drug-likeness (QED) is 0.696. The molecule has 0 bridgehead atoms. The number of aliphatic carboxylic acids is 1. The third kappa shape index (κ3) is 10.3. The lowest BCUT2D eigenvalue weighted by Crippen LogP contribution is -2.41. The number of hydrogen-bond acceptors (Lipinski definition) is 5. The molecule has 126 valence electrons. The minimum Gasteiger partial charge on any atom is -0.480 e. The second kappa shape index (κ2) is 14.5. The van der Waals surface area contributed by atoms with Crippen LogP contribution in [-0.4, -0.2) is 42.3 Å². The molecule has 0 aliphatic carbocycles. The number of ether oxygens (including phenoxy) is 1. The smallest absolute Gasteiger partial charge is 0.408 e. The van der Waals surface area contributed by atoms with Gasteiger partial charge in [-0.05, 0) is 31.0 Å². The lowest BCUT2D eigenvalue weighted by Gasteiger charge is -2.13. The maximum absolute atomic E-state index is 11.5. The van der Waals surface area contributed by atoms with Gasteiger partial charge in [-0.2, -0.15) is 11.8 Å². The van der Waals surface area contributed by atoms with Gasteiger partial charge in [0.1, 0.15) is 12.6 Å². The summed E-state index contributed by atoms with van der Waals surface area (Å²) in [6.07, 6.45) is 1.54. The largest absolute Gasteiger partial charge is 0.480 e. The molecular weight excluding hydrogens is 328 g/mol. The number of alkyl carbamates (subject to hydrolysis) is 1. The van der Waals surface area contributed by atoms with Crippen molar-refractivity contribution in [1.29, 1.82) is 0 Å². The van der Waals surface area contributed by atoms with E-state index in [1.54, 1.807) is 0 Å². The second-order valence-corrected chi connectivity index (χ2v) is 4.86. The number of carboxylic acid groups (broad SMARTS) is 1. The first kappa shape index (κ1) is 22.8. The van der Waals surface area contributed by atoms with Crippen LogP contribution in [0.4, 0.5) is 4.79 Å². The maximum Gasteiger partial charge on any atom is 0.408 e. The Labute approximate surface area is 141 Å². The van der Waals surface area contributed by atoms with Crippen molar-refractivity contribution in [3.63, 3.8) is 0 Å². The highest BCUT2D eigenvalue weighted by atomic mass is 35.5. The van der Waals surface area contributed by atoms with Gasteiger partial charge in [0.05, 0.1) is 0 Å². The Morgan fingerprint density at radius 3 is 2.41 bits per heavy atom. The first-order valence-corrected chi connectivity index (χ1v) is 7.79. The van der Waals surface area contributed by atoms with Gasteiger partial charge in [0.25, 0.3) is 0 Å². The second-order valence-electron chi connectivity index (χ2n) is 3.88. The van der Waals surface area contributed by atoms with Crippen LogP contribution in [0.2, 0.25) is 0 Å². The minimum absolute atomic E-state index is 0. The van der Waals surface area contributed by atoms with Crippen LogP contribution in [-0.2, 0) is 16.1 Å². The molecule has 22 heavy (non-hydrogen) atoms. The monoisotopic (exact) mass is 350 g/mol. The van der Waals surface area contributed by atoms with E-state index in [0.29, 0.717) is 12.2 Å². The zero-order valence-corrected chi connectivity index (χ0v) is 14.3. The van der Waals surface area contributed by atoms with E-state index in [2.05, 4.69) is 11.1 Å². The summed E-state index contributed by atoms with van der Waals surface area (Å²) < 4.78 is 4.97. The van der Waals surface area contributed by atoms with Crippen LogP contribution < -0.4 is 11.1 Å². The molecule has 1 rings (SSSR count). The number of carboxylic acids is 1. The molecule has 0 radical (unpaired) electrons. The summed E-state index contributed by atoms with van der Waals surface area (Å²) >= 11 is 1.53. The van der Waals surface area contributed by atoms with Crippen molar-refractivity contribution in [3.8, 4) is 0 Å². The first-order valence-electron chi connectivity index (χ1n) is 6.40. The van der Waals surface area contributed by atoms with Crippen molar-refractivity contribution in [2.75, 3.05) is 19.1 Å². The summed E-state index contributed by atoms with van der Waals surface area (Å²) in [5.74, 6) is -0.388. The third-order valence-corrected chi connectivity index (χ3v) is 3.06. The number of thioether (sulfide) groups is 1. The highest BCUT2D eigenvalue weighted by Crippen LogP contribution is 2.03. The normalized spacial score (nSPS) is 10.3. The van der Waals surface area contributed by atoms with Gasteiger partial charge in [-0.15, -0.1) is 12.4 Å². The molecule has 0 spiro atoms. The molecule has 0 heterocycles. The van der Waals surface area contributed by atoms with Crippen LogP contribution in [0, 0.1) is 0 Å². The molecular formula is C14H23ClN2O4S. The Morgan fingerprint density at radius 1 is 1.32 bits per heavy atom. The van der Waals surface area contributed by atoms with Gasteiger partial charge < -0.3 is 20.9 Å². The summed E-state index contributed by atoms with van der Waals surface area (Å²) in [6, 6.07) is 8.30. The summed E-state index contributed by atoms with van der Waals surface area (Å²) in [6.45, 7) is 0.127. The zero-order chi connectivity index (χ0) is 16.1. The van der Waals surface area contributed by atoms with E-state index in [9.17, 15) is 9.59 Å². The number of benzene rings is 1. The number of carbonyl (C=O) groups excluding carboxylic acids is 1. The van der Waals surface area contributed by atoms with Gasteiger partial charge in [-0.1, -0.05) is 30.3 Å².